The first-order chi connectivity index (χ1) is 7.38. The van der Waals surface area contributed by atoms with E-state index in [0.29, 0.717) is 0 Å². The molecule has 1 heterocycles. The number of aromatic nitrogens is 2. The Morgan fingerprint density at radius 1 is 1.47 bits per heavy atom. The molecule has 78 valence electrons. The number of hydrogen-bond acceptors (Lipinski definition) is 3. The maximum absolute atomic E-state index is 3.97. The fourth-order valence-corrected chi connectivity index (χ4v) is 1.77. The van der Waals surface area contributed by atoms with E-state index >= 15 is 0 Å². The molecule has 0 saturated carbocycles. The maximum Gasteiger partial charge on any atom is 0.0922 e. The molecule has 15 heavy (non-hydrogen) atoms. The number of aromatic amines is 1. The van der Waals surface area contributed by atoms with Crippen LogP contribution in [0, 0.1) is 0 Å². The van der Waals surface area contributed by atoms with E-state index in [1.165, 1.54) is 4.90 Å². The normalized spacial score (nSPS) is 10.2. The van der Waals surface area contributed by atoms with E-state index in [2.05, 4.69) is 45.8 Å². The van der Waals surface area contributed by atoms with Gasteiger partial charge in [-0.05, 0) is 24.5 Å². The van der Waals surface area contributed by atoms with E-state index < -0.39 is 0 Å². The first-order valence-electron chi connectivity index (χ1n) is 4.73. The molecule has 1 aromatic carbocycles. The first-order valence-corrected chi connectivity index (χ1v) is 5.96. The summed E-state index contributed by atoms with van der Waals surface area (Å²) in [7, 11) is 0. The van der Waals surface area contributed by atoms with Crippen LogP contribution in [0.25, 0.3) is 0 Å². The van der Waals surface area contributed by atoms with Crippen LogP contribution >= 0.6 is 11.8 Å². The van der Waals surface area contributed by atoms with E-state index in [9.17, 15) is 0 Å². The van der Waals surface area contributed by atoms with Crippen molar-refractivity contribution in [3.05, 3.63) is 42.5 Å². The number of H-pyrrole nitrogens is 1. The highest BCUT2D eigenvalue weighted by atomic mass is 32.2. The third-order valence-electron chi connectivity index (χ3n) is 2.11. The van der Waals surface area contributed by atoms with Gasteiger partial charge in [-0.25, -0.2) is 4.98 Å². The summed E-state index contributed by atoms with van der Waals surface area (Å²) in [5.41, 5.74) is 2.22. The van der Waals surface area contributed by atoms with Crippen LogP contribution < -0.4 is 5.32 Å². The second kappa shape index (κ2) is 4.89. The molecule has 0 aliphatic rings. The van der Waals surface area contributed by atoms with Crippen molar-refractivity contribution in [1.82, 2.24) is 9.97 Å². The van der Waals surface area contributed by atoms with Crippen LogP contribution in [-0.2, 0) is 6.54 Å². The molecule has 2 N–H and O–H groups in total. The minimum Gasteiger partial charge on any atom is -0.379 e. The standard InChI is InChI=1S/C11H13N3S/c1-15-11-4-2-3-9(5-11)13-7-10-6-12-8-14-10/h2-6,8,13H,7H2,1H3,(H,12,14). The maximum atomic E-state index is 3.97. The fourth-order valence-electron chi connectivity index (χ4n) is 1.31. The average Bonchev–Trinajstić information content (AvgIpc) is 2.79. The van der Waals surface area contributed by atoms with Gasteiger partial charge in [0.25, 0.3) is 0 Å². The molecule has 4 heteroatoms. The largest absolute Gasteiger partial charge is 0.379 e. The topological polar surface area (TPSA) is 40.7 Å². The van der Waals surface area contributed by atoms with Gasteiger partial charge in [-0.15, -0.1) is 11.8 Å². The van der Waals surface area contributed by atoms with Crippen molar-refractivity contribution in [1.29, 1.82) is 0 Å². The average molecular weight is 219 g/mol. The molecular weight excluding hydrogens is 206 g/mol. The highest BCUT2D eigenvalue weighted by Crippen LogP contribution is 2.19. The smallest absolute Gasteiger partial charge is 0.0922 e. The van der Waals surface area contributed by atoms with Crippen molar-refractivity contribution in [2.45, 2.75) is 11.4 Å². The summed E-state index contributed by atoms with van der Waals surface area (Å²) < 4.78 is 0. The lowest BCUT2D eigenvalue weighted by atomic mass is 10.3. The number of rotatable bonds is 4. The van der Waals surface area contributed by atoms with Crippen LogP contribution in [0.1, 0.15) is 5.69 Å². The molecule has 2 rings (SSSR count). The molecule has 0 amide bonds. The molecule has 0 aliphatic heterocycles. The number of imidazole rings is 1. The molecule has 2 aromatic rings. The van der Waals surface area contributed by atoms with Crippen molar-refractivity contribution in [2.24, 2.45) is 0 Å². The van der Waals surface area contributed by atoms with Crippen LogP contribution in [0.2, 0.25) is 0 Å². The van der Waals surface area contributed by atoms with Crippen molar-refractivity contribution < 1.29 is 0 Å². The molecule has 0 aliphatic carbocycles. The zero-order chi connectivity index (χ0) is 10.5. The number of benzene rings is 1. The van der Waals surface area contributed by atoms with Gasteiger partial charge in [-0.1, -0.05) is 6.07 Å². The Balaban J connectivity index is 1.98. The molecule has 1 aromatic heterocycles. The summed E-state index contributed by atoms with van der Waals surface area (Å²) in [5.74, 6) is 0. The number of nitrogens with zero attached hydrogens (tertiary/aromatic N) is 1. The Morgan fingerprint density at radius 2 is 2.40 bits per heavy atom. The summed E-state index contributed by atoms with van der Waals surface area (Å²) in [6.45, 7) is 0.776. The lowest BCUT2D eigenvalue weighted by Crippen LogP contribution is -1.99. The molecule has 0 radical (unpaired) electrons. The summed E-state index contributed by atoms with van der Waals surface area (Å²) in [6, 6.07) is 8.37. The van der Waals surface area contributed by atoms with Crippen LogP contribution in [-0.4, -0.2) is 16.2 Å². The third-order valence-corrected chi connectivity index (χ3v) is 2.83. The number of hydrogen-bond donors (Lipinski definition) is 2. The second-order valence-electron chi connectivity index (χ2n) is 3.16. The van der Waals surface area contributed by atoms with Gasteiger partial charge in [-0.2, -0.15) is 0 Å². The van der Waals surface area contributed by atoms with Crippen molar-refractivity contribution in [3.8, 4) is 0 Å². The Hall–Kier alpha value is -1.42. The summed E-state index contributed by atoms with van der Waals surface area (Å²) in [6.07, 6.45) is 5.59. The van der Waals surface area contributed by atoms with Crippen molar-refractivity contribution in [3.63, 3.8) is 0 Å². The molecule has 0 bridgehead atoms. The van der Waals surface area contributed by atoms with Gasteiger partial charge < -0.3 is 10.3 Å². The Kier molecular flexibility index (Phi) is 3.29. The lowest BCUT2D eigenvalue weighted by Gasteiger charge is -2.05. The molecule has 0 atom stereocenters. The Labute approximate surface area is 93.3 Å². The molecule has 0 spiro atoms. The minimum absolute atomic E-state index is 0.776. The minimum atomic E-state index is 0.776. The van der Waals surface area contributed by atoms with Crippen molar-refractivity contribution in [2.75, 3.05) is 11.6 Å². The van der Waals surface area contributed by atoms with E-state index in [1.54, 1.807) is 18.1 Å². The van der Waals surface area contributed by atoms with Crippen molar-refractivity contribution >= 4 is 17.4 Å². The van der Waals surface area contributed by atoms with Gasteiger partial charge >= 0.3 is 0 Å². The SMILES string of the molecule is CSc1cccc(NCc2cnc[nH]2)c1. The number of anilines is 1. The Morgan fingerprint density at radius 3 is 3.13 bits per heavy atom. The van der Waals surface area contributed by atoms with Gasteiger partial charge in [0.05, 0.1) is 18.6 Å². The lowest BCUT2D eigenvalue weighted by molar-refractivity contribution is 1.07. The van der Waals surface area contributed by atoms with Crippen LogP contribution in [0.5, 0.6) is 0 Å². The summed E-state index contributed by atoms with van der Waals surface area (Å²) in [4.78, 5) is 8.29. The second-order valence-corrected chi connectivity index (χ2v) is 4.04. The number of nitrogens with one attached hydrogen (secondary N) is 2. The fraction of sp³-hybridized carbons (Fsp3) is 0.182. The van der Waals surface area contributed by atoms with E-state index in [-0.39, 0.29) is 0 Å². The molecule has 3 nitrogen and oxygen atoms in total. The van der Waals surface area contributed by atoms with Gasteiger partial charge in [0.15, 0.2) is 0 Å². The quantitative estimate of drug-likeness (QED) is 0.777. The van der Waals surface area contributed by atoms with E-state index in [1.807, 2.05) is 6.20 Å². The highest BCUT2D eigenvalue weighted by molar-refractivity contribution is 7.98. The molecular formula is C11H13N3S. The third kappa shape index (κ3) is 2.76. The monoisotopic (exact) mass is 219 g/mol. The van der Waals surface area contributed by atoms with E-state index in [4.69, 9.17) is 0 Å². The highest BCUT2D eigenvalue weighted by Gasteiger charge is 1.96. The predicted octanol–water partition coefficient (Wildman–Crippen LogP) is 2.74. The molecule has 0 unspecified atom stereocenters. The van der Waals surface area contributed by atoms with Crippen LogP contribution in [0.3, 0.4) is 0 Å². The predicted molar refractivity (Wildman–Crippen MR) is 64.1 cm³/mol. The molecule has 0 saturated heterocycles. The zero-order valence-corrected chi connectivity index (χ0v) is 9.34. The van der Waals surface area contributed by atoms with Gasteiger partial charge in [0.1, 0.15) is 0 Å². The van der Waals surface area contributed by atoms with Crippen LogP contribution in [0.4, 0.5) is 5.69 Å². The number of thioether (sulfide) groups is 1. The van der Waals surface area contributed by atoms with Gasteiger partial charge in [0.2, 0.25) is 0 Å². The Bertz CT molecular complexity index is 412. The van der Waals surface area contributed by atoms with Gasteiger partial charge in [0, 0.05) is 16.8 Å². The summed E-state index contributed by atoms with van der Waals surface area (Å²) >= 11 is 1.75. The first kappa shape index (κ1) is 10.1. The van der Waals surface area contributed by atoms with E-state index in [0.717, 1.165) is 17.9 Å². The van der Waals surface area contributed by atoms with Gasteiger partial charge in [-0.3, -0.25) is 0 Å². The zero-order valence-electron chi connectivity index (χ0n) is 8.53. The van der Waals surface area contributed by atoms with Crippen LogP contribution in [0.15, 0.2) is 41.7 Å². The summed E-state index contributed by atoms with van der Waals surface area (Å²) in [5, 5.41) is 3.34. The molecule has 0 fully saturated rings.